The van der Waals surface area contributed by atoms with Gasteiger partial charge in [0.2, 0.25) is 5.91 Å². The van der Waals surface area contributed by atoms with Crippen LogP contribution in [0.15, 0.2) is 47.8 Å². The van der Waals surface area contributed by atoms with Gasteiger partial charge in [0.1, 0.15) is 0 Å². The van der Waals surface area contributed by atoms with Crippen LogP contribution in [0, 0.1) is 13.8 Å². The lowest BCUT2D eigenvalue weighted by Gasteiger charge is -2.10. The third-order valence-corrected chi connectivity index (χ3v) is 5.05. The van der Waals surface area contributed by atoms with Crippen molar-refractivity contribution in [3.63, 3.8) is 0 Å². The quantitative estimate of drug-likeness (QED) is 0.601. The van der Waals surface area contributed by atoms with E-state index in [-0.39, 0.29) is 12.3 Å². The number of amides is 1. The highest BCUT2D eigenvalue weighted by Crippen LogP contribution is 2.23. The molecule has 0 saturated carbocycles. The molecule has 6 nitrogen and oxygen atoms in total. The molecular weight excluding hydrogens is 346 g/mol. The SMILES string of the molecule is Cc1nc2nc(-c3cccs3)nn2c(C)c1CC(=O)Nc1ccccc1. The molecule has 3 aromatic heterocycles. The van der Waals surface area contributed by atoms with E-state index in [4.69, 9.17) is 0 Å². The average Bonchev–Trinajstić information content (AvgIpc) is 3.29. The van der Waals surface area contributed by atoms with Gasteiger partial charge in [-0.25, -0.2) is 9.50 Å². The topological polar surface area (TPSA) is 72.2 Å². The smallest absolute Gasteiger partial charge is 0.253 e. The summed E-state index contributed by atoms with van der Waals surface area (Å²) in [5.41, 5.74) is 3.32. The Kier molecular flexibility index (Phi) is 4.22. The minimum Gasteiger partial charge on any atom is -0.326 e. The predicted octanol–water partition coefficient (Wildman–Crippen LogP) is 3.65. The van der Waals surface area contributed by atoms with Crippen molar-refractivity contribution in [2.24, 2.45) is 0 Å². The number of aromatic nitrogens is 4. The number of carbonyl (C=O) groups is 1. The fourth-order valence-electron chi connectivity index (χ4n) is 2.86. The summed E-state index contributed by atoms with van der Waals surface area (Å²) in [6.07, 6.45) is 0.240. The zero-order valence-electron chi connectivity index (χ0n) is 14.4. The zero-order valence-corrected chi connectivity index (χ0v) is 15.2. The minimum absolute atomic E-state index is 0.0813. The Morgan fingerprint density at radius 2 is 1.92 bits per heavy atom. The van der Waals surface area contributed by atoms with Crippen molar-refractivity contribution in [2.45, 2.75) is 20.3 Å². The van der Waals surface area contributed by atoms with Gasteiger partial charge in [0.15, 0.2) is 5.82 Å². The van der Waals surface area contributed by atoms with Gasteiger partial charge in [-0.05, 0) is 37.4 Å². The number of nitrogens with one attached hydrogen (secondary N) is 1. The number of anilines is 1. The number of rotatable bonds is 4. The molecule has 0 aliphatic heterocycles. The molecule has 0 atom stereocenters. The number of para-hydroxylation sites is 1. The van der Waals surface area contributed by atoms with Gasteiger partial charge in [-0.3, -0.25) is 4.79 Å². The van der Waals surface area contributed by atoms with Crippen molar-refractivity contribution in [3.05, 3.63) is 64.8 Å². The van der Waals surface area contributed by atoms with Crippen molar-refractivity contribution in [1.29, 1.82) is 0 Å². The number of carbonyl (C=O) groups excluding carboxylic acids is 1. The van der Waals surface area contributed by atoms with Gasteiger partial charge in [0.25, 0.3) is 5.78 Å². The lowest BCUT2D eigenvalue weighted by molar-refractivity contribution is -0.115. The molecule has 4 aromatic rings. The molecule has 1 N–H and O–H groups in total. The van der Waals surface area contributed by atoms with E-state index in [2.05, 4.69) is 20.4 Å². The van der Waals surface area contributed by atoms with Crippen molar-refractivity contribution >= 4 is 28.7 Å². The molecule has 0 spiro atoms. The minimum atomic E-state index is -0.0813. The van der Waals surface area contributed by atoms with Gasteiger partial charge in [0, 0.05) is 22.6 Å². The molecule has 1 aromatic carbocycles. The van der Waals surface area contributed by atoms with Crippen LogP contribution in [0.2, 0.25) is 0 Å². The molecule has 26 heavy (non-hydrogen) atoms. The molecule has 0 fully saturated rings. The lowest BCUT2D eigenvalue weighted by Crippen LogP contribution is -2.17. The van der Waals surface area contributed by atoms with Crippen molar-refractivity contribution in [3.8, 4) is 10.7 Å². The zero-order chi connectivity index (χ0) is 18.1. The summed E-state index contributed by atoms with van der Waals surface area (Å²) in [7, 11) is 0. The van der Waals surface area contributed by atoms with Gasteiger partial charge in [-0.1, -0.05) is 24.3 Å². The molecule has 3 heterocycles. The largest absolute Gasteiger partial charge is 0.326 e. The molecule has 1 amide bonds. The first-order chi connectivity index (χ1) is 12.6. The molecule has 0 saturated heterocycles. The van der Waals surface area contributed by atoms with E-state index in [1.807, 2.05) is 61.7 Å². The molecule has 7 heteroatoms. The van der Waals surface area contributed by atoms with E-state index in [0.717, 1.165) is 27.5 Å². The number of benzene rings is 1. The van der Waals surface area contributed by atoms with Gasteiger partial charge in [-0.15, -0.1) is 16.4 Å². The third-order valence-electron chi connectivity index (χ3n) is 4.19. The van der Waals surface area contributed by atoms with Gasteiger partial charge in [-0.2, -0.15) is 4.98 Å². The highest BCUT2D eigenvalue weighted by atomic mass is 32.1. The number of nitrogens with zero attached hydrogens (tertiary/aromatic N) is 4. The van der Waals surface area contributed by atoms with E-state index >= 15 is 0 Å². The Morgan fingerprint density at radius 1 is 1.12 bits per heavy atom. The molecule has 4 rings (SSSR count). The maximum Gasteiger partial charge on any atom is 0.253 e. The highest BCUT2D eigenvalue weighted by molar-refractivity contribution is 7.13. The Hall–Kier alpha value is -3.06. The Morgan fingerprint density at radius 3 is 2.65 bits per heavy atom. The van der Waals surface area contributed by atoms with Crippen LogP contribution in [0.25, 0.3) is 16.5 Å². The van der Waals surface area contributed by atoms with E-state index in [9.17, 15) is 4.79 Å². The Balaban J connectivity index is 1.65. The predicted molar refractivity (Wildman–Crippen MR) is 102 cm³/mol. The van der Waals surface area contributed by atoms with Crippen molar-refractivity contribution < 1.29 is 4.79 Å². The highest BCUT2D eigenvalue weighted by Gasteiger charge is 2.17. The summed E-state index contributed by atoms with van der Waals surface area (Å²) in [5.74, 6) is 1.12. The number of thiophene rings is 1. The van der Waals surface area contributed by atoms with Crippen LogP contribution in [0.4, 0.5) is 5.69 Å². The Bertz CT molecular complexity index is 1070. The summed E-state index contributed by atoms with van der Waals surface area (Å²) in [4.78, 5) is 22.5. The molecule has 0 unspecified atom stereocenters. The standard InChI is InChI=1S/C19H17N5OS/c1-12-15(11-17(25)21-14-7-4-3-5-8-14)13(2)24-19(20-12)22-18(23-24)16-9-6-10-26-16/h3-10H,11H2,1-2H3,(H,21,25). The molecule has 0 radical (unpaired) electrons. The van der Waals surface area contributed by atoms with Gasteiger partial charge < -0.3 is 5.32 Å². The number of aryl methyl sites for hydroxylation is 2. The Labute approximate surface area is 154 Å². The summed E-state index contributed by atoms with van der Waals surface area (Å²) in [6.45, 7) is 3.84. The van der Waals surface area contributed by atoms with Crippen LogP contribution in [0.5, 0.6) is 0 Å². The fourth-order valence-corrected chi connectivity index (χ4v) is 3.51. The molecule has 0 aliphatic rings. The van der Waals surface area contributed by atoms with Gasteiger partial charge >= 0.3 is 0 Å². The fraction of sp³-hybridized carbons (Fsp3) is 0.158. The maximum atomic E-state index is 12.4. The van der Waals surface area contributed by atoms with Crippen LogP contribution in [-0.2, 0) is 11.2 Å². The molecule has 0 bridgehead atoms. The van der Waals surface area contributed by atoms with Crippen LogP contribution >= 0.6 is 11.3 Å². The molecule has 130 valence electrons. The summed E-state index contributed by atoms with van der Waals surface area (Å²) >= 11 is 1.59. The van der Waals surface area contributed by atoms with Crippen LogP contribution in [0.3, 0.4) is 0 Å². The van der Waals surface area contributed by atoms with E-state index in [1.165, 1.54) is 0 Å². The van der Waals surface area contributed by atoms with Crippen molar-refractivity contribution in [2.75, 3.05) is 5.32 Å². The van der Waals surface area contributed by atoms with Crippen LogP contribution < -0.4 is 5.32 Å². The van der Waals surface area contributed by atoms with Crippen molar-refractivity contribution in [1.82, 2.24) is 19.6 Å². The molecular formula is C19H17N5OS. The monoisotopic (exact) mass is 363 g/mol. The maximum absolute atomic E-state index is 12.4. The second-order valence-corrected chi connectivity index (χ2v) is 6.92. The number of fused-ring (bicyclic) bond motifs is 1. The van der Waals surface area contributed by atoms with E-state index in [1.54, 1.807) is 15.9 Å². The summed E-state index contributed by atoms with van der Waals surface area (Å²) in [5, 5.41) is 9.47. The van der Waals surface area contributed by atoms with Crippen LogP contribution in [0.1, 0.15) is 17.0 Å². The normalized spacial score (nSPS) is 11.0. The van der Waals surface area contributed by atoms with Crippen LogP contribution in [-0.4, -0.2) is 25.5 Å². The average molecular weight is 363 g/mol. The lowest BCUT2D eigenvalue weighted by atomic mass is 10.1. The second kappa shape index (κ2) is 6.68. The number of hydrogen-bond acceptors (Lipinski definition) is 5. The van der Waals surface area contributed by atoms with E-state index in [0.29, 0.717) is 11.6 Å². The second-order valence-electron chi connectivity index (χ2n) is 5.98. The first kappa shape index (κ1) is 16.4. The van der Waals surface area contributed by atoms with Gasteiger partial charge in [0.05, 0.1) is 11.3 Å². The number of hydrogen-bond donors (Lipinski definition) is 1. The first-order valence-corrected chi connectivity index (χ1v) is 9.11. The third kappa shape index (κ3) is 3.09. The van der Waals surface area contributed by atoms with E-state index < -0.39 is 0 Å². The molecule has 0 aliphatic carbocycles. The summed E-state index contributed by atoms with van der Waals surface area (Å²) < 4.78 is 1.72. The summed E-state index contributed by atoms with van der Waals surface area (Å²) in [6, 6.07) is 13.4. The first-order valence-electron chi connectivity index (χ1n) is 8.23.